The van der Waals surface area contributed by atoms with Gasteiger partial charge in [-0.2, -0.15) is 0 Å². The van der Waals surface area contributed by atoms with Crippen LogP contribution in [-0.4, -0.2) is 18.1 Å². The van der Waals surface area contributed by atoms with Crippen molar-refractivity contribution in [2.45, 2.75) is 13.8 Å². The molecule has 0 atom stereocenters. The van der Waals surface area contributed by atoms with Gasteiger partial charge in [-0.3, -0.25) is 0 Å². The minimum atomic E-state index is 0.675. The number of pyridine rings is 1. The van der Waals surface area contributed by atoms with E-state index in [0.717, 1.165) is 29.4 Å². The molecular weight excluding hydrogens is 224 g/mol. The Balaban J connectivity index is 2.29. The van der Waals surface area contributed by atoms with Crippen molar-refractivity contribution in [2.75, 3.05) is 18.5 Å². The minimum Gasteiger partial charge on any atom is -0.494 e. The normalized spacial score (nSPS) is 10.1. The van der Waals surface area contributed by atoms with E-state index in [-0.39, 0.29) is 0 Å². The summed E-state index contributed by atoms with van der Waals surface area (Å²) in [5, 5.41) is 3.22. The Labute approximate surface area is 108 Å². The molecule has 3 nitrogen and oxygen atoms in total. The predicted molar refractivity (Wildman–Crippen MR) is 75.0 cm³/mol. The number of rotatable bonds is 5. The first kappa shape index (κ1) is 12.4. The van der Waals surface area contributed by atoms with Crippen LogP contribution in [-0.2, 0) is 0 Å². The third-order valence-corrected chi connectivity index (χ3v) is 2.55. The summed E-state index contributed by atoms with van der Waals surface area (Å²) in [6.45, 7) is 5.59. The number of nitrogens with zero attached hydrogens (tertiary/aromatic N) is 1. The molecule has 94 valence electrons. The van der Waals surface area contributed by atoms with Gasteiger partial charge >= 0.3 is 0 Å². The fraction of sp³-hybridized carbons (Fsp3) is 0.267. The average Bonchev–Trinajstić information content (AvgIpc) is 2.40. The lowest BCUT2D eigenvalue weighted by Gasteiger charge is -2.07. The van der Waals surface area contributed by atoms with Crippen molar-refractivity contribution in [3.8, 4) is 17.0 Å². The van der Waals surface area contributed by atoms with Gasteiger partial charge in [0.05, 0.1) is 12.3 Å². The number of anilines is 1. The lowest BCUT2D eigenvalue weighted by atomic mass is 10.1. The summed E-state index contributed by atoms with van der Waals surface area (Å²) < 4.78 is 5.50. The van der Waals surface area contributed by atoms with Gasteiger partial charge in [-0.25, -0.2) is 4.98 Å². The summed E-state index contributed by atoms with van der Waals surface area (Å²) >= 11 is 0. The van der Waals surface area contributed by atoms with E-state index < -0.39 is 0 Å². The Morgan fingerprint density at radius 3 is 2.72 bits per heavy atom. The van der Waals surface area contributed by atoms with Crippen LogP contribution >= 0.6 is 0 Å². The van der Waals surface area contributed by atoms with E-state index in [2.05, 4.69) is 17.2 Å². The summed E-state index contributed by atoms with van der Waals surface area (Å²) in [7, 11) is 0. The van der Waals surface area contributed by atoms with Crippen LogP contribution in [0.15, 0.2) is 42.5 Å². The van der Waals surface area contributed by atoms with Gasteiger partial charge in [0.15, 0.2) is 0 Å². The molecule has 0 unspecified atom stereocenters. The Morgan fingerprint density at radius 2 is 1.94 bits per heavy atom. The molecule has 0 aliphatic rings. The largest absolute Gasteiger partial charge is 0.494 e. The van der Waals surface area contributed by atoms with Gasteiger partial charge in [-0.15, -0.1) is 0 Å². The van der Waals surface area contributed by atoms with Crippen LogP contribution in [0, 0.1) is 0 Å². The predicted octanol–water partition coefficient (Wildman–Crippen LogP) is 3.58. The standard InChI is InChI=1S/C15H18N2O/c1-3-16-15-10-6-9-14(17-15)12-7-5-8-13(11-12)18-4-2/h5-11H,3-4H2,1-2H3,(H,16,17). The van der Waals surface area contributed by atoms with E-state index in [4.69, 9.17) is 4.74 Å². The monoisotopic (exact) mass is 242 g/mol. The van der Waals surface area contributed by atoms with Crippen molar-refractivity contribution in [1.29, 1.82) is 0 Å². The molecule has 0 radical (unpaired) electrons. The molecule has 1 heterocycles. The van der Waals surface area contributed by atoms with Crippen LogP contribution < -0.4 is 10.1 Å². The second kappa shape index (κ2) is 6.05. The number of aromatic nitrogens is 1. The van der Waals surface area contributed by atoms with Crippen LogP contribution in [0.2, 0.25) is 0 Å². The molecule has 1 aromatic heterocycles. The smallest absolute Gasteiger partial charge is 0.126 e. The summed E-state index contributed by atoms with van der Waals surface area (Å²) in [5.74, 6) is 1.78. The number of nitrogens with one attached hydrogen (secondary N) is 1. The molecule has 0 saturated heterocycles. The van der Waals surface area contributed by atoms with Gasteiger partial charge < -0.3 is 10.1 Å². The minimum absolute atomic E-state index is 0.675. The van der Waals surface area contributed by atoms with E-state index in [1.165, 1.54) is 0 Å². The highest BCUT2D eigenvalue weighted by Gasteiger charge is 2.02. The highest BCUT2D eigenvalue weighted by molar-refractivity contribution is 5.63. The second-order valence-corrected chi connectivity index (χ2v) is 3.90. The third-order valence-electron chi connectivity index (χ3n) is 2.55. The first-order chi connectivity index (χ1) is 8.83. The maximum atomic E-state index is 5.50. The van der Waals surface area contributed by atoms with Crippen molar-refractivity contribution in [2.24, 2.45) is 0 Å². The molecular formula is C15H18N2O. The second-order valence-electron chi connectivity index (χ2n) is 3.90. The highest BCUT2D eigenvalue weighted by atomic mass is 16.5. The van der Waals surface area contributed by atoms with E-state index in [1.807, 2.05) is 49.4 Å². The molecule has 18 heavy (non-hydrogen) atoms. The molecule has 0 saturated carbocycles. The van der Waals surface area contributed by atoms with E-state index >= 15 is 0 Å². The van der Waals surface area contributed by atoms with E-state index in [1.54, 1.807) is 0 Å². The Kier molecular flexibility index (Phi) is 4.18. The van der Waals surface area contributed by atoms with Gasteiger partial charge in [0, 0.05) is 12.1 Å². The van der Waals surface area contributed by atoms with Gasteiger partial charge in [-0.05, 0) is 38.1 Å². The molecule has 2 rings (SSSR count). The quantitative estimate of drug-likeness (QED) is 0.870. The van der Waals surface area contributed by atoms with Crippen molar-refractivity contribution in [3.63, 3.8) is 0 Å². The molecule has 0 fully saturated rings. The van der Waals surface area contributed by atoms with Crippen LogP contribution in [0.4, 0.5) is 5.82 Å². The number of ether oxygens (including phenoxy) is 1. The fourth-order valence-corrected chi connectivity index (χ4v) is 1.79. The average molecular weight is 242 g/mol. The van der Waals surface area contributed by atoms with Crippen LogP contribution in [0.1, 0.15) is 13.8 Å². The van der Waals surface area contributed by atoms with Gasteiger partial charge in [0.25, 0.3) is 0 Å². The zero-order valence-corrected chi connectivity index (χ0v) is 10.8. The van der Waals surface area contributed by atoms with Crippen molar-refractivity contribution in [3.05, 3.63) is 42.5 Å². The van der Waals surface area contributed by atoms with Crippen LogP contribution in [0.25, 0.3) is 11.3 Å². The summed E-state index contributed by atoms with van der Waals surface area (Å²) in [4.78, 5) is 4.57. The van der Waals surface area contributed by atoms with E-state index in [9.17, 15) is 0 Å². The SMILES string of the molecule is CCNc1cccc(-c2cccc(OCC)c2)n1. The molecule has 0 aliphatic heterocycles. The molecule has 1 N–H and O–H groups in total. The third kappa shape index (κ3) is 3.00. The Hall–Kier alpha value is -2.03. The molecule has 1 aromatic carbocycles. The van der Waals surface area contributed by atoms with Crippen LogP contribution in [0.5, 0.6) is 5.75 Å². The van der Waals surface area contributed by atoms with E-state index in [0.29, 0.717) is 6.61 Å². The Morgan fingerprint density at radius 1 is 1.11 bits per heavy atom. The molecule has 3 heteroatoms. The lowest BCUT2D eigenvalue weighted by molar-refractivity contribution is 0.340. The summed E-state index contributed by atoms with van der Waals surface area (Å²) in [6.07, 6.45) is 0. The summed E-state index contributed by atoms with van der Waals surface area (Å²) in [5.41, 5.74) is 2.02. The molecule has 0 amide bonds. The zero-order valence-electron chi connectivity index (χ0n) is 10.8. The topological polar surface area (TPSA) is 34.1 Å². The first-order valence-electron chi connectivity index (χ1n) is 6.27. The number of benzene rings is 1. The van der Waals surface area contributed by atoms with Crippen LogP contribution in [0.3, 0.4) is 0 Å². The molecule has 0 bridgehead atoms. The zero-order chi connectivity index (χ0) is 12.8. The highest BCUT2D eigenvalue weighted by Crippen LogP contribution is 2.23. The first-order valence-corrected chi connectivity index (χ1v) is 6.27. The van der Waals surface area contributed by atoms with Crippen molar-refractivity contribution in [1.82, 2.24) is 4.98 Å². The molecule has 0 aliphatic carbocycles. The van der Waals surface area contributed by atoms with Crippen molar-refractivity contribution >= 4 is 5.82 Å². The van der Waals surface area contributed by atoms with Gasteiger partial charge in [-0.1, -0.05) is 18.2 Å². The number of hydrogen-bond acceptors (Lipinski definition) is 3. The summed E-state index contributed by atoms with van der Waals surface area (Å²) in [6, 6.07) is 14.0. The number of hydrogen-bond donors (Lipinski definition) is 1. The van der Waals surface area contributed by atoms with Gasteiger partial charge in [0.1, 0.15) is 11.6 Å². The Bertz CT molecular complexity index is 464. The molecule has 2 aromatic rings. The maximum Gasteiger partial charge on any atom is 0.126 e. The van der Waals surface area contributed by atoms with Gasteiger partial charge in [0.2, 0.25) is 0 Å². The maximum absolute atomic E-state index is 5.50. The lowest BCUT2D eigenvalue weighted by Crippen LogP contribution is -1.99. The fourth-order valence-electron chi connectivity index (χ4n) is 1.79. The molecule has 0 spiro atoms. The van der Waals surface area contributed by atoms with Crippen molar-refractivity contribution < 1.29 is 4.74 Å².